The molecule has 2 aromatic rings. The third-order valence-corrected chi connectivity index (χ3v) is 4.95. The smallest absolute Gasteiger partial charge is 0.0367 e. The van der Waals surface area contributed by atoms with E-state index in [9.17, 15) is 0 Å². The van der Waals surface area contributed by atoms with Crippen molar-refractivity contribution in [1.29, 1.82) is 0 Å². The van der Waals surface area contributed by atoms with Crippen molar-refractivity contribution >= 4 is 5.69 Å². The Kier molecular flexibility index (Phi) is 5.35. The van der Waals surface area contributed by atoms with Crippen LogP contribution in [0.5, 0.6) is 0 Å². The van der Waals surface area contributed by atoms with Gasteiger partial charge in [0.1, 0.15) is 0 Å². The fraction of sp³-hybridized carbons (Fsp3) is 0.429. The molecule has 1 aliphatic rings. The van der Waals surface area contributed by atoms with E-state index in [0.29, 0.717) is 6.04 Å². The molecular weight excluding hydrogens is 280 g/mol. The quantitative estimate of drug-likeness (QED) is 0.881. The van der Waals surface area contributed by atoms with Crippen LogP contribution in [-0.4, -0.2) is 19.1 Å². The molecule has 0 saturated carbocycles. The van der Waals surface area contributed by atoms with Crippen LogP contribution in [0.2, 0.25) is 0 Å². The zero-order chi connectivity index (χ0) is 16.1. The molecule has 3 rings (SSSR count). The molecule has 0 amide bonds. The van der Waals surface area contributed by atoms with Gasteiger partial charge in [-0.3, -0.25) is 0 Å². The average molecular weight is 308 g/mol. The number of aryl methyl sites for hydroxylation is 1. The lowest BCUT2D eigenvalue weighted by atomic mass is 9.91. The monoisotopic (exact) mass is 308 g/mol. The molecule has 1 aliphatic heterocycles. The van der Waals surface area contributed by atoms with Gasteiger partial charge < -0.3 is 10.2 Å². The molecule has 2 nitrogen and oxygen atoms in total. The van der Waals surface area contributed by atoms with Gasteiger partial charge in [-0.1, -0.05) is 61.4 Å². The zero-order valence-corrected chi connectivity index (χ0v) is 14.3. The minimum atomic E-state index is 0.565. The summed E-state index contributed by atoms with van der Waals surface area (Å²) in [5.74, 6) is 0.776. The second-order valence-corrected chi connectivity index (χ2v) is 6.81. The predicted octanol–water partition coefficient (Wildman–Crippen LogP) is 4.39. The Bertz CT molecular complexity index is 591. The molecule has 2 heteroatoms. The van der Waals surface area contributed by atoms with Crippen molar-refractivity contribution in [2.75, 3.05) is 18.0 Å². The number of rotatable bonds is 5. The highest BCUT2D eigenvalue weighted by atomic mass is 15.2. The average Bonchev–Trinajstić information content (AvgIpc) is 2.61. The first-order chi connectivity index (χ1) is 11.2. The third-order valence-electron chi connectivity index (χ3n) is 4.95. The molecule has 0 radical (unpaired) electrons. The fourth-order valence-electron chi connectivity index (χ4n) is 3.47. The lowest BCUT2D eigenvalue weighted by Gasteiger charge is -2.39. The van der Waals surface area contributed by atoms with Crippen LogP contribution in [0.15, 0.2) is 54.6 Å². The van der Waals surface area contributed by atoms with E-state index < -0.39 is 0 Å². The molecule has 23 heavy (non-hydrogen) atoms. The molecular formula is C21H28N2. The second-order valence-electron chi connectivity index (χ2n) is 6.81. The van der Waals surface area contributed by atoms with E-state index in [1.807, 2.05) is 0 Å². The van der Waals surface area contributed by atoms with E-state index in [1.54, 1.807) is 0 Å². The van der Waals surface area contributed by atoms with Crippen LogP contribution in [0.25, 0.3) is 0 Å². The number of benzene rings is 2. The summed E-state index contributed by atoms with van der Waals surface area (Å²) >= 11 is 0. The molecule has 1 heterocycles. The van der Waals surface area contributed by atoms with Gasteiger partial charge >= 0.3 is 0 Å². The summed E-state index contributed by atoms with van der Waals surface area (Å²) in [6.07, 6.45) is 2.54. The molecule has 0 spiro atoms. The Balaban J connectivity index is 1.65. The highest BCUT2D eigenvalue weighted by Crippen LogP contribution is 2.25. The SMILES string of the molecule is CCC1CC(NCc2ccccc2)CN(c2ccc(C)cc2)C1. The molecule has 1 N–H and O–H groups in total. The van der Waals surface area contributed by atoms with Crippen molar-refractivity contribution < 1.29 is 0 Å². The second kappa shape index (κ2) is 7.65. The highest BCUT2D eigenvalue weighted by molar-refractivity contribution is 5.48. The molecule has 0 aromatic heterocycles. The number of hydrogen-bond acceptors (Lipinski definition) is 2. The first kappa shape index (κ1) is 16.1. The van der Waals surface area contributed by atoms with E-state index in [2.05, 4.69) is 78.7 Å². The number of nitrogens with zero attached hydrogens (tertiary/aromatic N) is 1. The van der Waals surface area contributed by atoms with Gasteiger partial charge in [0.05, 0.1) is 0 Å². The van der Waals surface area contributed by atoms with Gasteiger partial charge in [0.2, 0.25) is 0 Å². The summed E-state index contributed by atoms with van der Waals surface area (Å²) in [4.78, 5) is 2.56. The van der Waals surface area contributed by atoms with Crippen LogP contribution < -0.4 is 10.2 Å². The zero-order valence-electron chi connectivity index (χ0n) is 14.3. The van der Waals surface area contributed by atoms with Gasteiger partial charge in [-0.05, 0) is 37.0 Å². The van der Waals surface area contributed by atoms with Crippen LogP contribution in [0.1, 0.15) is 30.9 Å². The summed E-state index contributed by atoms with van der Waals surface area (Å²) < 4.78 is 0. The van der Waals surface area contributed by atoms with Crippen LogP contribution in [-0.2, 0) is 6.54 Å². The van der Waals surface area contributed by atoms with Gasteiger partial charge in [-0.15, -0.1) is 0 Å². The number of nitrogens with one attached hydrogen (secondary N) is 1. The molecule has 122 valence electrons. The maximum absolute atomic E-state index is 3.77. The summed E-state index contributed by atoms with van der Waals surface area (Å²) in [7, 11) is 0. The van der Waals surface area contributed by atoms with Crippen molar-refractivity contribution in [1.82, 2.24) is 5.32 Å². The Morgan fingerprint density at radius 1 is 1.00 bits per heavy atom. The summed E-state index contributed by atoms with van der Waals surface area (Å²) in [6, 6.07) is 20.2. The largest absolute Gasteiger partial charge is 0.370 e. The predicted molar refractivity (Wildman–Crippen MR) is 98.9 cm³/mol. The van der Waals surface area contributed by atoms with Gasteiger partial charge in [0.25, 0.3) is 0 Å². The number of anilines is 1. The summed E-state index contributed by atoms with van der Waals surface area (Å²) in [5.41, 5.74) is 4.06. The molecule has 2 unspecified atom stereocenters. The van der Waals surface area contributed by atoms with Gasteiger partial charge in [0, 0.05) is 31.4 Å². The van der Waals surface area contributed by atoms with Crippen LogP contribution >= 0.6 is 0 Å². The van der Waals surface area contributed by atoms with Crippen LogP contribution in [0, 0.1) is 12.8 Å². The number of hydrogen-bond donors (Lipinski definition) is 1. The lowest BCUT2D eigenvalue weighted by molar-refractivity contribution is 0.325. The third kappa shape index (κ3) is 4.35. The summed E-state index contributed by atoms with van der Waals surface area (Å²) in [6.45, 7) is 7.72. The molecule has 2 aromatic carbocycles. The Morgan fingerprint density at radius 3 is 2.43 bits per heavy atom. The number of piperidine rings is 1. The molecule has 1 fully saturated rings. The maximum atomic E-state index is 3.77. The molecule has 0 aliphatic carbocycles. The Morgan fingerprint density at radius 2 is 1.74 bits per heavy atom. The van der Waals surface area contributed by atoms with E-state index in [-0.39, 0.29) is 0 Å². The van der Waals surface area contributed by atoms with E-state index in [1.165, 1.54) is 36.2 Å². The van der Waals surface area contributed by atoms with E-state index in [4.69, 9.17) is 0 Å². The minimum absolute atomic E-state index is 0.565. The fourth-order valence-corrected chi connectivity index (χ4v) is 3.47. The molecule has 1 saturated heterocycles. The van der Waals surface area contributed by atoms with Gasteiger partial charge in [0.15, 0.2) is 0 Å². The minimum Gasteiger partial charge on any atom is -0.370 e. The van der Waals surface area contributed by atoms with Crippen molar-refractivity contribution in [3.05, 3.63) is 65.7 Å². The van der Waals surface area contributed by atoms with Gasteiger partial charge in [-0.2, -0.15) is 0 Å². The first-order valence-corrected chi connectivity index (χ1v) is 8.83. The van der Waals surface area contributed by atoms with Crippen molar-refractivity contribution in [3.8, 4) is 0 Å². The molecule has 2 atom stereocenters. The van der Waals surface area contributed by atoms with Crippen molar-refractivity contribution in [3.63, 3.8) is 0 Å². The van der Waals surface area contributed by atoms with Crippen molar-refractivity contribution in [2.24, 2.45) is 5.92 Å². The van der Waals surface area contributed by atoms with Crippen LogP contribution in [0.3, 0.4) is 0 Å². The van der Waals surface area contributed by atoms with Crippen LogP contribution in [0.4, 0.5) is 5.69 Å². The normalized spacial score (nSPS) is 21.4. The highest BCUT2D eigenvalue weighted by Gasteiger charge is 2.26. The first-order valence-electron chi connectivity index (χ1n) is 8.83. The Labute approximate surface area is 140 Å². The Hall–Kier alpha value is -1.80. The lowest BCUT2D eigenvalue weighted by Crippen LogP contribution is -2.49. The summed E-state index contributed by atoms with van der Waals surface area (Å²) in [5, 5.41) is 3.77. The topological polar surface area (TPSA) is 15.3 Å². The van der Waals surface area contributed by atoms with E-state index in [0.717, 1.165) is 19.0 Å². The van der Waals surface area contributed by atoms with Crippen molar-refractivity contribution in [2.45, 2.75) is 39.3 Å². The standard InChI is InChI=1S/C21H28N2/c1-3-18-13-20(22-14-19-7-5-4-6-8-19)16-23(15-18)21-11-9-17(2)10-12-21/h4-12,18,20,22H,3,13-16H2,1-2H3. The maximum Gasteiger partial charge on any atom is 0.0367 e. The molecule has 0 bridgehead atoms. The van der Waals surface area contributed by atoms with E-state index >= 15 is 0 Å². The van der Waals surface area contributed by atoms with Gasteiger partial charge in [-0.25, -0.2) is 0 Å².